The van der Waals surface area contributed by atoms with E-state index in [2.05, 4.69) is 5.32 Å². The molecule has 0 fully saturated rings. The first-order valence-electron chi connectivity index (χ1n) is 10.9. The molecule has 0 bridgehead atoms. The molecule has 178 valence electrons. The molecule has 0 aromatic heterocycles. The lowest BCUT2D eigenvalue weighted by Gasteiger charge is -2.25. The number of nitrogens with two attached hydrogens (primary N) is 1. The van der Waals surface area contributed by atoms with E-state index in [4.69, 9.17) is 15.2 Å². The van der Waals surface area contributed by atoms with Crippen LogP contribution in [0.5, 0.6) is 0 Å². The maximum atomic E-state index is 12.8. The Bertz CT molecular complexity index is 968. The lowest BCUT2D eigenvalue weighted by atomic mass is 10.0. The third-order valence-corrected chi connectivity index (χ3v) is 4.44. The Balaban J connectivity index is 2.11. The highest BCUT2D eigenvalue weighted by atomic mass is 16.6. The van der Waals surface area contributed by atoms with Gasteiger partial charge in [-0.25, -0.2) is 4.79 Å². The van der Waals surface area contributed by atoms with Gasteiger partial charge in [0.25, 0.3) is 5.91 Å². The van der Waals surface area contributed by atoms with Crippen LogP contribution in [-0.2, 0) is 19.1 Å². The number of carbonyl (C=O) groups is 3. The van der Waals surface area contributed by atoms with Gasteiger partial charge in [-0.3, -0.25) is 9.59 Å². The molecule has 0 aliphatic carbocycles. The molecule has 33 heavy (non-hydrogen) atoms. The van der Waals surface area contributed by atoms with Crippen molar-refractivity contribution in [1.29, 1.82) is 0 Å². The summed E-state index contributed by atoms with van der Waals surface area (Å²) in [4.78, 5) is 37.7. The van der Waals surface area contributed by atoms with Crippen molar-refractivity contribution in [2.24, 2.45) is 0 Å². The number of nitrogens with one attached hydrogen (secondary N) is 1. The van der Waals surface area contributed by atoms with Crippen molar-refractivity contribution in [1.82, 2.24) is 5.32 Å². The normalized spacial score (nSPS) is 12.5. The number of esters is 2. The van der Waals surface area contributed by atoms with Crippen LogP contribution in [0.1, 0.15) is 64.7 Å². The molecular formula is C26H34N2O5. The van der Waals surface area contributed by atoms with E-state index in [0.29, 0.717) is 11.3 Å². The Morgan fingerprint density at radius 2 is 1.30 bits per heavy atom. The fraction of sp³-hybridized carbons (Fsp3) is 0.423. The summed E-state index contributed by atoms with van der Waals surface area (Å²) in [5.41, 5.74) is 7.34. The molecule has 0 spiro atoms. The third kappa shape index (κ3) is 8.96. The summed E-state index contributed by atoms with van der Waals surface area (Å²) >= 11 is 0. The van der Waals surface area contributed by atoms with Gasteiger partial charge in [0, 0.05) is 17.7 Å². The molecule has 0 unspecified atom stereocenters. The smallest absolute Gasteiger partial charge is 0.329 e. The molecular weight excluding hydrogens is 420 g/mol. The maximum Gasteiger partial charge on any atom is 0.329 e. The summed E-state index contributed by atoms with van der Waals surface area (Å²) in [5.74, 6) is -1.48. The molecule has 2 aromatic carbocycles. The number of hydrogen-bond acceptors (Lipinski definition) is 6. The van der Waals surface area contributed by atoms with Crippen molar-refractivity contribution in [3.63, 3.8) is 0 Å². The van der Waals surface area contributed by atoms with Crippen molar-refractivity contribution in [2.75, 3.05) is 5.73 Å². The average Bonchev–Trinajstić information content (AvgIpc) is 2.69. The molecule has 0 saturated heterocycles. The summed E-state index contributed by atoms with van der Waals surface area (Å²) in [6, 6.07) is 13.5. The number of carbonyl (C=O) groups excluding carboxylic acids is 3. The molecule has 2 aromatic rings. The van der Waals surface area contributed by atoms with Crippen LogP contribution in [0.25, 0.3) is 11.1 Å². The second kappa shape index (κ2) is 10.5. The van der Waals surface area contributed by atoms with Gasteiger partial charge in [-0.05, 0) is 83.4 Å². The lowest BCUT2D eigenvalue weighted by Crippen LogP contribution is -2.44. The third-order valence-electron chi connectivity index (χ3n) is 4.44. The van der Waals surface area contributed by atoms with Gasteiger partial charge in [0.05, 0.1) is 0 Å². The van der Waals surface area contributed by atoms with E-state index in [1.54, 1.807) is 53.7 Å². The predicted octanol–water partition coefficient (Wildman–Crippen LogP) is 4.50. The van der Waals surface area contributed by atoms with E-state index in [1.165, 1.54) is 0 Å². The zero-order chi connectivity index (χ0) is 24.8. The van der Waals surface area contributed by atoms with Gasteiger partial charge in [-0.15, -0.1) is 0 Å². The Morgan fingerprint density at radius 3 is 1.79 bits per heavy atom. The second-order valence-corrected chi connectivity index (χ2v) is 9.88. The van der Waals surface area contributed by atoms with Gasteiger partial charge in [-0.1, -0.05) is 24.3 Å². The van der Waals surface area contributed by atoms with Gasteiger partial charge in [0.2, 0.25) is 0 Å². The highest BCUT2D eigenvalue weighted by Crippen LogP contribution is 2.21. The topological polar surface area (TPSA) is 108 Å². The zero-order valence-electron chi connectivity index (χ0n) is 20.2. The van der Waals surface area contributed by atoms with E-state index in [-0.39, 0.29) is 12.8 Å². The van der Waals surface area contributed by atoms with Crippen LogP contribution in [0.15, 0.2) is 48.5 Å². The molecule has 0 heterocycles. The van der Waals surface area contributed by atoms with Crippen LogP contribution in [-0.4, -0.2) is 35.1 Å². The van der Waals surface area contributed by atoms with Crippen molar-refractivity contribution in [2.45, 2.75) is 71.6 Å². The zero-order valence-corrected chi connectivity index (χ0v) is 20.2. The summed E-state index contributed by atoms with van der Waals surface area (Å²) in [7, 11) is 0. The number of ether oxygens (including phenoxy) is 2. The molecule has 0 saturated carbocycles. The minimum atomic E-state index is -0.985. The number of amides is 1. The Hall–Kier alpha value is -3.35. The van der Waals surface area contributed by atoms with E-state index < -0.39 is 35.1 Å². The Labute approximate surface area is 195 Å². The fourth-order valence-electron chi connectivity index (χ4n) is 3.01. The van der Waals surface area contributed by atoms with Crippen LogP contribution in [0, 0.1) is 0 Å². The van der Waals surface area contributed by atoms with Crippen molar-refractivity contribution >= 4 is 23.5 Å². The first kappa shape index (κ1) is 25.9. The SMILES string of the molecule is CC(C)(C)OC(=O)CC[C@H](NC(=O)c1ccc(-c2ccc(N)cc2)cc1)C(=O)OC(C)(C)C. The molecule has 7 heteroatoms. The Kier molecular flexibility index (Phi) is 8.25. The monoisotopic (exact) mass is 454 g/mol. The largest absolute Gasteiger partial charge is 0.460 e. The molecule has 2 rings (SSSR count). The first-order chi connectivity index (χ1) is 15.2. The van der Waals surface area contributed by atoms with Crippen molar-refractivity contribution < 1.29 is 23.9 Å². The minimum absolute atomic E-state index is 0.0302. The van der Waals surface area contributed by atoms with E-state index in [1.807, 2.05) is 36.4 Å². The predicted molar refractivity (Wildman–Crippen MR) is 128 cm³/mol. The average molecular weight is 455 g/mol. The van der Waals surface area contributed by atoms with Crippen LogP contribution in [0.3, 0.4) is 0 Å². The van der Waals surface area contributed by atoms with Crippen LogP contribution < -0.4 is 11.1 Å². The standard InChI is InChI=1S/C26H34N2O5/c1-25(2,3)32-22(29)16-15-21(24(31)33-26(4,5)6)28-23(30)19-9-7-17(8-10-19)18-11-13-20(27)14-12-18/h7-14,21H,15-16,27H2,1-6H3,(H,28,30)/t21-/m0/s1. The number of nitrogen functional groups attached to an aromatic ring is 1. The van der Waals surface area contributed by atoms with E-state index in [9.17, 15) is 14.4 Å². The molecule has 1 atom stereocenters. The van der Waals surface area contributed by atoms with Crippen molar-refractivity contribution in [3.8, 4) is 11.1 Å². The maximum absolute atomic E-state index is 12.8. The Morgan fingerprint density at radius 1 is 0.818 bits per heavy atom. The molecule has 0 radical (unpaired) electrons. The molecule has 0 aliphatic heterocycles. The van der Waals surface area contributed by atoms with Gasteiger partial charge >= 0.3 is 11.9 Å². The highest BCUT2D eigenvalue weighted by Gasteiger charge is 2.28. The number of anilines is 1. The van der Waals surface area contributed by atoms with Crippen molar-refractivity contribution in [3.05, 3.63) is 54.1 Å². The number of hydrogen-bond donors (Lipinski definition) is 2. The summed E-state index contributed by atoms with van der Waals surface area (Å²) in [6.07, 6.45) is 0.0383. The van der Waals surface area contributed by atoms with Crippen LogP contribution >= 0.6 is 0 Å². The quantitative estimate of drug-likeness (QED) is 0.471. The molecule has 0 aliphatic rings. The number of rotatable bonds is 7. The van der Waals surface area contributed by atoms with Gasteiger partial charge < -0.3 is 20.5 Å². The van der Waals surface area contributed by atoms with E-state index in [0.717, 1.165) is 11.1 Å². The molecule has 3 N–H and O–H groups in total. The van der Waals surface area contributed by atoms with Gasteiger partial charge in [0.15, 0.2) is 0 Å². The van der Waals surface area contributed by atoms with Crippen LogP contribution in [0.4, 0.5) is 5.69 Å². The molecule has 1 amide bonds. The summed E-state index contributed by atoms with van der Waals surface area (Å²) in [5, 5.41) is 2.70. The van der Waals surface area contributed by atoms with Gasteiger partial charge in [0.1, 0.15) is 17.2 Å². The first-order valence-corrected chi connectivity index (χ1v) is 10.9. The molecule has 7 nitrogen and oxygen atoms in total. The summed E-state index contributed by atoms with van der Waals surface area (Å²) in [6.45, 7) is 10.5. The fourth-order valence-corrected chi connectivity index (χ4v) is 3.01. The van der Waals surface area contributed by atoms with Crippen LogP contribution in [0.2, 0.25) is 0 Å². The summed E-state index contributed by atoms with van der Waals surface area (Å²) < 4.78 is 10.7. The lowest BCUT2D eigenvalue weighted by molar-refractivity contribution is -0.158. The van der Waals surface area contributed by atoms with E-state index >= 15 is 0 Å². The second-order valence-electron chi connectivity index (χ2n) is 9.88. The minimum Gasteiger partial charge on any atom is -0.460 e. The van der Waals surface area contributed by atoms with Gasteiger partial charge in [-0.2, -0.15) is 0 Å². The highest BCUT2D eigenvalue weighted by molar-refractivity contribution is 5.97. The number of benzene rings is 2.